The second-order valence-electron chi connectivity index (χ2n) is 9.02. The zero-order valence-electron chi connectivity index (χ0n) is 15.1. The highest BCUT2D eigenvalue weighted by Gasteiger charge is 2.36. The molecule has 0 amide bonds. The van der Waals surface area contributed by atoms with E-state index in [4.69, 9.17) is 4.98 Å². The van der Waals surface area contributed by atoms with Crippen LogP contribution in [0.25, 0.3) is 5.65 Å². The molecule has 2 rings (SSSR count). The van der Waals surface area contributed by atoms with Crippen molar-refractivity contribution in [2.24, 2.45) is 0 Å². The highest BCUT2D eigenvalue weighted by molar-refractivity contribution is 5.44. The predicted molar refractivity (Wildman–Crippen MR) is 87.8 cm³/mol. The Balaban J connectivity index is 2.97. The molecule has 21 heavy (non-hydrogen) atoms. The first kappa shape index (κ1) is 16.0. The molecule has 0 radical (unpaired) electrons. The number of aromatic nitrogens is 3. The number of nitrogens with zero attached hydrogens (tertiary/aromatic N) is 3. The summed E-state index contributed by atoms with van der Waals surface area (Å²) in [5, 5.41) is 0. The first-order valence-corrected chi connectivity index (χ1v) is 7.76. The summed E-state index contributed by atoms with van der Waals surface area (Å²) in [5.74, 6) is 0. The average Bonchev–Trinajstić information content (AvgIpc) is 2.65. The third-order valence-electron chi connectivity index (χ3n) is 3.80. The number of hydrogen-bond acceptors (Lipinski definition) is 1. The highest BCUT2D eigenvalue weighted by atomic mass is 15.2. The van der Waals surface area contributed by atoms with E-state index in [0.29, 0.717) is 0 Å². The summed E-state index contributed by atoms with van der Waals surface area (Å²) >= 11 is 0. The van der Waals surface area contributed by atoms with Gasteiger partial charge in [0.15, 0.2) is 5.69 Å². The van der Waals surface area contributed by atoms with E-state index in [9.17, 15) is 0 Å². The zero-order chi connectivity index (χ0) is 16.2. The van der Waals surface area contributed by atoms with Crippen molar-refractivity contribution in [1.29, 1.82) is 0 Å². The second-order valence-corrected chi connectivity index (χ2v) is 9.02. The third-order valence-corrected chi connectivity index (χ3v) is 3.80. The molecule has 2 heterocycles. The molecule has 3 heteroatoms. The standard InChI is InChI=1S/C18H30N3/c1-16(2,3)13-12-21(18(7,8)9)15-14(17(4,5)6)19-10-11-20(13)15/h10-12H,1-9H3/q+1. The maximum Gasteiger partial charge on any atom is 0.309 e. The van der Waals surface area contributed by atoms with Crippen molar-refractivity contribution >= 4 is 5.65 Å². The van der Waals surface area contributed by atoms with Crippen molar-refractivity contribution in [2.75, 3.05) is 0 Å². The van der Waals surface area contributed by atoms with Crippen LogP contribution in [-0.2, 0) is 16.4 Å². The van der Waals surface area contributed by atoms with Crippen molar-refractivity contribution in [3.63, 3.8) is 0 Å². The summed E-state index contributed by atoms with van der Waals surface area (Å²) in [6.07, 6.45) is 6.31. The summed E-state index contributed by atoms with van der Waals surface area (Å²) in [6, 6.07) is 0. The van der Waals surface area contributed by atoms with Gasteiger partial charge in [-0.25, -0.2) is 9.55 Å². The van der Waals surface area contributed by atoms with E-state index >= 15 is 0 Å². The van der Waals surface area contributed by atoms with Crippen LogP contribution in [0.3, 0.4) is 0 Å². The molecule has 0 unspecified atom stereocenters. The van der Waals surface area contributed by atoms with Gasteiger partial charge in [-0.15, -0.1) is 0 Å². The van der Waals surface area contributed by atoms with Crippen molar-refractivity contribution in [1.82, 2.24) is 9.38 Å². The van der Waals surface area contributed by atoms with E-state index in [0.717, 1.165) is 5.69 Å². The lowest BCUT2D eigenvalue weighted by molar-refractivity contribution is -0.730. The molecular formula is C18H30N3+. The van der Waals surface area contributed by atoms with Gasteiger partial charge in [0.25, 0.3) is 0 Å². The first-order valence-electron chi connectivity index (χ1n) is 7.76. The van der Waals surface area contributed by atoms with Gasteiger partial charge in [0.05, 0.1) is 6.20 Å². The van der Waals surface area contributed by atoms with Crippen molar-refractivity contribution in [3.05, 3.63) is 30.0 Å². The molecule has 0 atom stereocenters. The normalized spacial score (nSPS) is 14.0. The lowest BCUT2D eigenvalue weighted by Crippen LogP contribution is -2.50. The molecule has 0 fully saturated rings. The van der Waals surface area contributed by atoms with E-state index in [-0.39, 0.29) is 16.4 Å². The highest BCUT2D eigenvalue weighted by Crippen LogP contribution is 2.29. The molecule has 0 bridgehead atoms. The number of rotatable bonds is 0. The Morgan fingerprint density at radius 2 is 1.48 bits per heavy atom. The van der Waals surface area contributed by atoms with E-state index in [1.54, 1.807) is 0 Å². The van der Waals surface area contributed by atoms with Gasteiger partial charge < -0.3 is 0 Å². The van der Waals surface area contributed by atoms with E-state index in [1.807, 2.05) is 6.20 Å². The molecule has 0 aliphatic carbocycles. The molecule has 0 aliphatic heterocycles. The zero-order valence-corrected chi connectivity index (χ0v) is 15.1. The molecule has 0 aliphatic rings. The van der Waals surface area contributed by atoms with Gasteiger partial charge in [-0.1, -0.05) is 41.5 Å². The smallest absolute Gasteiger partial charge is 0.248 e. The Labute approximate surface area is 129 Å². The first-order chi connectivity index (χ1) is 9.33. The minimum Gasteiger partial charge on any atom is -0.248 e. The van der Waals surface area contributed by atoms with Gasteiger partial charge in [-0.05, 0) is 20.8 Å². The lowest BCUT2D eigenvalue weighted by Gasteiger charge is -2.20. The molecule has 2 aromatic rings. The van der Waals surface area contributed by atoms with Crippen LogP contribution in [0.4, 0.5) is 0 Å². The van der Waals surface area contributed by atoms with Gasteiger partial charge in [0.2, 0.25) is 0 Å². The molecule has 0 saturated heterocycles. The molecular weight excluding hydrogens is 258 g/mol. The van der Waals surface area contributed by atoms with Crippen LogP contribution in [0.2, 0.25) is 0 Å². The van der Waals surface area contributed by atoms with Crippen molar-refractivity contribution in [3.8, 4) is 0 Å². The predicted octanol–water partition coefficient (Wildman–Crippen LogP) is 3.97. The topological polar surface area (TPSA) is 21.2 Å². The molecule has 116 valence electrons. The number of hydrogen-bond donors (Lipinski definition) is 0. The van der Waals surface area contributed by atoms with E-state index < -0.39 is 0 Å². The quantitative estimate of drug-likeness (QED) is 0.672. The van der Waals surface area contributed by atoms with Crippen LogP contribution in [0.15, 0.2) is 18.6 Å². The van der Waals surface area contributed by atoms with Gasteiger partial charge in [-0.3, -0.25) is 0 Å². The minimum atomic E-state index is 0.0169. The Morgan fingerprint density at radius 3 is 1.90 bits per heavy atom. The van der Waals surface area contributed by atoms with Crippen LogP contribution in [0.5, 0.6) is 0 Å². The van der Waals surface area contributed by atoms with Crippen LogP contribution in [-0.4, -0.2) is 9.38 Å². The van der Waals surface area contributed by atoms with E-state index in [2.05, 4.69) is 83.7 Å². The maximum absolute atomic E-state index is 4.71. The fraction of sp³-hybridized carbons (Fsp3) is 0.667. The summed E-state index contributed by atoms with van der Waals surface area (Å²) < 4.78 is 4.69. The lowest BCUT2D eigenvalue weighted by atomic mass is 9.91. The Kier molecular flexibility index (Phi) is 3.47. The maximum atomic E-state index is 4.71. The molecule has 0 saturated carbocycles. The average molecular weight is 288 g/mol. The SMILES string of the molecule is CC(C)(C)c1nccn2c(C(C)(C)C)c[n+](C(C)(C)C)c12. The van der Waals surface area contributed by atoms with Gasteiger partial charge in [0.1, 0.15) is 23.6 Å². The van der Waals surface area contributed by atoms with Crippen LogP contribution < -0.4 is 4.57 Å². The minimum absolute atomic E-state index is 0.0169. The molecule has 0 N–H and O–H groups in total. The van der Waals surface area contributed by atoms with Crippen molar-refractivity contribution in [2.45, 2.75) is 78.7 Å². The largest absolute Gasteiger partial charge is 0.309 e. The summed E-state index contributed by atoms with van der Waals surface area (Å²) in [7, 11) is 0. The Hall–Kier alpha value is -1.38. The number of fused-ring (bicyclic) bond motifs is 1. The molecule has 3 nitrogen and oxygen atoms in total. The molecule has 2 aromatic heterocycles. The fourth-order valence-corrected chi connectivity index (χ4v) is 2.68. The molecule has 0 aromatic carbocycles. The third kappa shape index (κ3) is 2.83. The Bertz CT molecular complexity index is 659. The van der Waals surface area contributed by atoms with Gasteiger partial charge in [-0.2, -0.15) is 4.40 Å². The summed E-state index contributed by atoms with van der Waals surface area (Å²) in [4.78, 5) is 4.71. The molecule has 0 spiro atoms. The number of imidazole rings is 1. The Morgan fingerprint density at radius 1 is 0.905 bits per heavy atom. The van der Waals surface area contributed by atoms with Gasteiger partial charge in [0, 0.05) is 10.8 Å². The fourth-order valence-electron chi connectivity index (χ4n) is 2.68. The van der Waals surface area contributed by atoms with Crippen molar-refractivity contribution < 1.29 is 4.57 Å². The monoisotopic (exact) mass is 288 g/mol. The second kappa shape index (κ2) is 4.56. The summed E-state index contributed by atoms with van der Waals surface area (Å²) in [6.45, 7) is 20.2. The van der Waals surface area contributed by atoms with Crippen LogP contribution >= 0.6 is 0 Å². The summed E-state index contributed by atoms with van der Waals surface area (Å²) in [5.41, 5.74) is 3.81. The van der Waals surface area contributed by atoms with Crippen LogP contribution in [0.1, 0.15) is 73.7 Å². The van der Waals surface area contributed by atoms with Crippen LogP contribution in [0, 0.1) is 0 Å². The van der Waals surface area contributed by atoms with Gasteiger partial charge >= 0.3 is 5.65 Å². The van der Waals surface area contributed by atoms with E-state index in [1.165, 1.54) is 11.3 Å².